The van der Waals surface area contributed by atoms with E-state index in [1.807, 2.05) is 0 Å². The fourth-order valence-electron chi connectivity index (χ4n) is 7.49. The number of hydrogen-bond donors (Lipinski definition) is 0. The number of hydrogen-bond acceptors (Lipinski definition) is 5. The molecule has 0 N–H and O–H groups in total. The topological polar surface area (TPSA) is 57.7 Å². The second-order valence-electron chi connectivity index (χ2n) is 17.4. The lowest BCUT2D eigenvalue weighted by atomic mass is 9.68. The second-order valence-corrected chi connectivity index (χ2v) is 22.1. The van der Waals surface area contributed by atoms with Crippen LogP contribution in [0.4, 0.5) is 0 Å². The van der Waals surface area contributed by atoms with Crippen LogP contribution >= 0.6 is 0 Å². The molecular formula is C38H57NO4Si. The predicted octanol–water partition coefficient (Wildman–Crippen LogP) is 10.5. The first kappa shape index (κ1) is 33.3. The maximum absolute atomic E-state index is 12.6. The minimum Gasteiger partial charge on any atom is -0.455 e. The summed E-state index contributed by atoms with van der Waals surface area (Å²) in [6.07, 6.45) is 4.23. The number of fused-ring (bicyclic) bond motifs is 4. The zero-order valence-corrected chi connectivity index (χ0v) is 30.7. The fraction of sp³-hybridized carbons (Fsp3) is 0.684. The molecule has 3 aliphatic rings. The van der Waals surface area contributed by atoms with Crippen LogP contribution in [-0.2, 0) is 29.7 Å². The number of esters is 1. The van der Waals surface area contributed by atoms with Crippen molar-refractivity contribution in [1.82, 2.24) is 4.98 Å². The Morgan fingerprint density at radius 3 is 2.09 bits per heavy atom. The van der Waals surface area contributed by atoms with Crippen LogP contribution in [0.1, 0.15) is 172 Å². The number of carbonyl (C=O) groups excluding carboxylic acids is 1. The molecule has 2 heterocycles. The molecule has 1 aromatic carbocycles. The van der Waals surface area contributed by atoms with Gasteiger partial charge in [-0.25, -0.2) is 0 Å². The quantitative estimate of drug-likeness (QED) is 0.246. The van der Waals surface area contributed by atoms with Crippen LogP contribution in [0, 0.1) is 5.41 Å². The van der Waals surface area contributed by atoms with Gasteiger partial charge in [-0.2, -0.15) is 0 Å². The summed E-state index contributed by atoms with van der Waals surface area (Å²) in [4.78, 5) is 18.1. The lowest BCUT2D eigenvalue weighted by molar-refractivity contribution is -0.156. The van der Waals surface area contributed by atoms with E-state index in [1.165, 1.54) is 29.2 Å². The van der Waals surface area contributed by atoms with Gasteiger partial charge in [-0.3, -0.25) is 9.78 Å². The van der Waals surface area contributed by atoms with Gasteiger partial charge in [0.1, 0.15) is 12.2 Å². The number of nitrogens with zero attached hydrogens (tertiary/aromatic N) is 1. The molecule has 1 spiro atoms. The van der Waals surface area contributed by atoms with Crippen LogP contribution in [0.2, 0.25) is 18.1 Å². The highest BCUT2D eigenvalue weighted by Crippen LogP contribution is 2.62. The summed E-state index contributed by atoms with van der Waals surface area (Å²) in [5, 5.41) is 0.0530. The van der Waals surface area contributed by atoms with Crippen LogP contribution in [-0.4, -0.2) is 19.3 Å². The van der Waals surface area contributed by atoms with Crippen molar-refractivity contribution in [2.75, 3.05) is 0 Å². The van der Waals surface area contributed by atoms with Gasteiger partial charge in [-0.1, -0.05) is 106 Å². The van der Waals surface area contributed by atoms with Gasteiger partial charge in [0.05, 0.1) is 17.4 Å². The van der Waals surface area contributed by atoms with Gasteiger partial charge < -0.3 is 13.9 Å². The second kappa shape index (κ2) is 11.1. The number of benzene rings is 1. The number of aromatic nitrogens is 1. The van der Waals surface area contributed by atoms with Crippen LogP contribution < -0.4 is 0 Å². The van der Waals surface area contributed by atoms with Crippen molar-refractivity contribution in [2.24, 2.45) is 5.41 Å². The van der Waals surface area contributed by atoms with Crippen molar-refractivity contribution in [2.45, 2.75) is 162 Å². The van der Waals surface area contributed by atoms with Crippen LogP contribution in [0.25, 0.3) is 0 Å². The molecular weight excluding hydrogens is 563 g/mol. The number of carbonyl (C=O) groups is 1. The van der Waals surface area contributed by atoms with E-state index >= 15 is 0 Å². The van der Waals surface area contributed by atoms with E-state index in [2.05, 4.69) is 107 Å². The highest BCUT2D eigenvalue weighted by atomic mass is 28.4. The summed E-state index contributed by atoms with van der Waals surface area (Å²) >= 11 is 0. The third-order valence-corrected chi connectivity index (χ3v) is 15.4. The third-order valence-electron chi connectivity index (χ3n) is 10.9. The largest absolute Gasteiger partial charge is 0.455 e. The Hall–Kier alpha value is -2.02. The number of rotatable bonds is 5. The van der Waals surface area contributed by atoms with Crippen molar-refractivity contribution in [1.29, 1.82) is 0 Å². The molecule has 5 rings (SSSR count). The van der Waals surface area contributed by atoms with Gasteiger partial charge in [0, 0.05) is 29.2 Å². The van der Waals surface area contributed by atoms with Crippen molar-refractivity contribution >= 4 is 14.3 Å². The van der Waals surface area contributed by atoms with Gasteiger partial charge in [0.2, 0.25) is 0 Å². The minimum absolute atomic E-state index is 0.0530. The Morgan fingerprint density at radius 2 is 1.59 bits per heavy atom. The minimum atomic E-state index is -2.18. The zero-order chi connectivity index (χ0) is 32.6. The molecule has 1 unspecified atom stereocenters. The lowest BCUT2D eigenvalue weighted by Gasteiger charge is -2.48. The Labute approximate surface area is 268 Å². The van der Waals surface area contributed by atoms with Crippen LogP contribution in [0.5, 0.6) is 0 Å². The molecule has 0 radical (unpaired) electrons. The van der Waals surface area contributed by atoms with Gasteiger partial charge >= 0.3 is 5.97 Å². The summed E-state index contributed by atoms with van der Waals surface area (Å²) in [7, 11) is -2.18. The fourth-order valence-corrected chi connectivity index (χ4v) is 8.76. The Bertz CT molecular complexity index is 1400. The zero-order valence-electron chi connectivity index (χ0n) is 29.7. The third kappa shape index (κ3) is 5.73. The van der Waals surface area contributed by atoms with Crippen LogP contribution in [0.15, 0.2) is 24.3 Å². The van der Waals surface area contributed by atoms with Crippen molar-refractivity contribution in [3.05, 3.63) is 63.5 Å². The first-order valence-corrected chi connectivity index (χ1v) is 19.8. The van der Waals surface area contributed by atoms with Gasteiger partial charge in [-0.05, 0) is 65.4 Å². The van der Waals surface area contributed by atoms with Crippen molar-refractivity contribution in [3.63, 3.8) is 0 Å². The molecule has 5 nitrogen and oxygen atoms in total. The molecule has 2 aromatic rings. The van der Waals surface area contributed by atoms with Gasteiger partial charge in [0.25, 0.3) is 0 Å². The molecule has 0 amide bonds. The van der Waals surface area contributed by atoms with E-state index in [1.54, 1.807) is 0 Å². The first-order chi connectivity index (χ1) is 20.2. The van der Waals surface area contributed by atoms with Crippen LogP contribution in [0.3, 0.4) is 0 Å². The monoisotopic (exact) mass is 619 g/mol. The normalized spacial score (nSPS) is 24.5. The summed E-state index contributed by atoms with van der Waals surface area (Å²) in [5.41, 5.74) is 7.47. The van der Waals surface area contributed by atoms with E-state index in [-0.39, 0.29) is 40.0 Å². The maximum Gasteiger partial charge on any atom is 0.303 e. The van der Waals surface area contributed by atoms with Gasteiger partial charge in [-0.15, -0.1) is 0 Å². The standard InChI is InChI=1S/C38H57NO4Si/c1-23(2)31-29-30(38(20-14-15-21-38)42-33(29)25-16-18-26(19-17-25)35(4,5)6)28-27(43-44(12,13)36(7,8)9)22-37(10,11)34(32(28)39-31)41-24(3)40/h16-19,23,27,33-34H,14-15,20-22H2,1-13H3/t27?,33-,34-/m1/s1. The summed E-state index contributed by atoms with van der Waals surface area (Å²) in [5.74, 6) is -0.0943. The van der Waals surface area contributed by atoms with E-state index < -0.39 is 20.0 Å². The maximum atomic E-state index is 12.6. The SMILES string of the molecule is CC(=O)O[C@@H]1c2nc(C(C)C)c3c(c2C(O[Si](C)(C)C(C)(C)C)CC1(C)C)C1(CCCC1)O[C@@H]3c1ccc(C(C)(C)C)cc1. The number of ether oxygens (including phenoxy) is 2. The molecule has 0 bridgehead atoms. The Balaban J connectivity index is 1.82. The lowest BCUT2D eigenvalue weighted by Crippen LogP contribution is -2.45. The molecule has 1 fully saturated rings. The molecule has 44 heavy (non-hydrogen) atoms. The van der Waals surface area contributed by atoms with Crippen molar-refractivity contribution in [3.8, 4) is 0 Å². The molecule has 1 saturated carbocycles. The molecule has 0 saturated heterocycles. The average Bonchev–Trinajstić information content (AvgIpc) is 3.49. The smallest absolute Gasteiger partial charge is 0.303 e. The predicted molar refractivity (Wildman–Crippen MR) is 180 cm³/mol. The van der Waals surface area contributed by atoms with E-state index in [0.29, 0.717) is 0 Å². The molecule has 1 aromatic heterocycles. The molecule has 2 aliphatic carbocycles. The van der Waals surface area contributed by atoms with Crippen molar-refractivity contribution < 1.29 is 18.7 Å². The summed E-state index contributed by atoms with van der Waals surface area (Å²) in [6.45, 7) is 28.8. The molecule has 242 valence electrons. The number of pyridine rings is 1. The van der Waals surface area contributed by atoms with E-state index in [4.69, 9.17) is 18.9 Å². The average molecular weight is 620 g/mol. The highest BCUT2D eigenvalue weighted by Gasteiger charge is 2.56. The first-order valence-electron chi connectivity index (χ1n) is 16.9. The van der Waals surface area contributed by atoms with E-state index in [0.717, 1.165) is 49.1 Å². The Morgan fingerprint density at radius 1 is 1.00 bits per heavy atom. The highest BCUT2D eigenvalue weighted by molar-refractivity contribution is 6.74. The van der Waals surface area contributed by atoms with E-state index in [9.17, 15) is 4.79 Å². The summed E-state index contributed by atoms with van der Waals surface area (Å²) < 4.78 is 20.9. The molecule has 6 heteroatoms. The Kier molecular flexibility index (Phi) is 8.38. The molecule has 1 aliphatic heterocycles. The van der Waals surface area contributed by atoms with Gasteiger partial charge in [0.15, 0.2) is 8.32 Å². The summed E-state index contributed by atoms with van der Waals surface area (Å²) in [6, 6.07) is 9.06. The molecule has 3 atom stereocenters.